The molecule has 0 aliphatic heterocycles. The van der Waals surface area contributed by atoms with Gasteiger partial charge in [-0.05, 0) is 49.6 Å². The van der Waals surface area contributed by atoms with E-state index < -0.39 is 6.10 Å². The molecule has 0 aliphatic rings. The fraction of sp³-hybridized carbons (Fsp3) is 0.316. The lowest BCUT2D eigenvalue weighted by Gasteiger charge is -2.24. The van der Waals surface area contributed by atoms with Crippen molar-refractivity contribution in [3.63, 3.8) is 0 Å². The average molecular weight is 297 g/mol. The molecule has 0 radical (unpaired) electrons. The fourth-order valence-corrected chi connectivity index (χ4v) is 2.29. The Kier molecular flexibility index (Phi) is 5.21. The first-order valence-electron chi connectivity index (χ1n) is 7.59. The highest BCUT2D eigenvalue weighted by molar-refractivity contribution is 5.96. The number of hydrogen-bond acceptors (Lipinski definition) is 2. The molecule has 0 unspecified atom stereocenters. The van der Waals surface area contributed by atoms with Crippen LogP contribution in [0.1, 0.15) is 24.5 Å². The largest absolute Gasteiger partial charge is 0.480 e. The molecule has 0 aromatic heterocycles. The van der Waals surface area contributed by atoms with Crippen molar-refractivity contribution in [1.82, 2.24) is 0 Å². The molecule has 0 heterocycles. The van der Waals surface area contributed by atoms with Crippen LogP contribution in [0.4, 0.5) is 5.69 Å². The fourth-order valence-electron chi connectivity index (χ4n) is 2.29. The highest BCUT2D eigenvalue weighted by atomic mass is 16.5. The van der Waals surface area contributed by atoms with Crippen LogP contribution in [-0.4, -0.2) is 19.1 Å². The number of nitrogens with zero attached hydrogens (tertiary/aromatic N) is 1. The molecule has 116 valence electrons. The molecule has 3 heteroatoms. The molecule has 2 aromatic carbocycles. The molecule has 2 rings (SSSR count). The van der Waals surface area contributed by atoms with Crippen LogP contribution in [0.3, 0.4) is 0 Å². The molecule has 0 N–H and O–H groups in total. The second kappa shape index (κ2) is 7.12. The van der Waals surface area contributed by atoms with Crippen LogP contribution < -0.4 is 9.64 Å². The normalized spacial score (nSPS) is 11.8. The Bertz CT molecular complexity index is 637. The maximum atomic E-state index is 12.7. The summed E-state index contributed by atoms with van der Waals surface area (Å²) in [6.45, 7) is 5.98. The molecule has 1 atom stereocenters. The lowest BCUT2D eigenvalue weighted by atomic mass is 10.1. The average Bonchev–Trinajstić information content (AvgIpc) is 2.55. The van der Waals surface area contributed by atoms with Crippen LogP contribution >= 0.6 is 0 Å². The van der Waals surface area contributed by atoms with Gasteiger partial charge >= 0.3 is 0 Å². The SMILES string of the molecule is CC[C@@H](Oc1cc(C)ccc1C)C(=O)N(C)c1ccccc1. The van der Waals surface area contributed by atoms with E-state index in [1.165, 1.54) is 0 Å². The van der Waals surface area contributed by atoms with Crippen molar-refractivity contribution in [1.29, 1.82) is 0 Å². The van der Waals surface area contributed by atoms with Crippen molar-refractivity contribution >= 4 is 11.6 Å². The van der Waals surface area contributed by atoms with Gasteiger partial charge in [-0.25, -0.2) is 0 Å². The first-order chi connectivity index (χ1) is 10.5. The van der Waals surface area contributed by atoms with Gasteiger partial charge in [-0.15, -0.1) is 0 Å². The highest BCUT2D eigenvalue weighted by Gasteiger charge is 2.23. The molecule has 0 spiro atoms. The van der Waals surface area contributed by atoms with E-state index in [9.17, 15) is 4.79 Å². The standard InChI is InChI=1S/C19H23NO2/c1-5-17(22-18-13-14(2)11-12-15(18)3)19(21)20(4)16-9-7-6-8-10-16/h6-13,17H,5H2,1-4H3/t17-/m1/s1. The summed E-state index contributed by atoms with van der Waals surface area (Å²) in [5.74, 6) is 0.747. The quantitative estimate of drug-likeness (QED) is 0.830. The molecule has 3 nitrogen and oxygen atoms in total. The molecule has 0 fully saturated rings. The number of hydrogen-bond donors (Lipinski definition) is 0. The van der Waals surface area contributed by atoms with Crippen molar-refractivity contribution in [2.45, 2.75) is 33.3 Å². The molecule has 1 amide bonds. The Morgan fingerprint density at radius 3 is 2.45 bits per heavy atom. The summed E-state index contributed by atoms with van der Waals surface area (Å²) in [6.07, 6.45) is 0.148. The van der Waals surface area contributed by atoms with Gasteiger partial charge < -0.3 is 9.64 Å². The van der Waals surface area contributed by atoms with Gasteiger partial charge in [0.05, 0.1) is 0 Å². The predicted molar refractivity (Wildman–Crippen MR) is 90.5 cm³/mol. The molecular weight excluding hydrogens is 274 g/mol. The number of likely N-dealkylation sites (N-methyl/N-ethyl adjacent to an activating group) is 1. The van der Waals surface area contributed by atoms with Gasteiger partial charge in [-0.2, -0.15) is 0 Å². The summed E-state index contributed by atoms with van der Waals surface area (Å²) >= 11 is 0. The molecule has 22 heavy (non-hydrogen) atoms. The minimum absolute atomic E-state index is 0.0328. The summed E-state index contributed by atoms with van der Waals surface area (Å²) in [5, 5.41) is 0. The van der Waals surface area contributed by atoms with E-state index in [2.05, 4.69) is 0 Å². The number of para-hydroxylation sites is 1. The third-order valence-electron chi connectivity index (χ3n) is 3.73. The second-order valence-corrected chi connectivity index (χ2v) is 5.52. The van der Waals surface area contributed by atoms with Gasteiger partial charge in [0.15, 0.2) is 6.10 Å². The number of ether oxygens (including phenoxy) is 1. The number of rotatable bonds is 5. The van der Waals surface area contributed by atoms with E-state index in [4.69, 9.17) is 4.74 Å². The van der Waals surface area contributed by atoms with Crippen molar-refractivity contribution in [3.8, 4) is 5.75 Å². The van der Waals surface area contributed by atoms with Crippen molar-refractivity contribution in [2.75, 3.05) is 11.9 Å². The number of carbonyl (C=O) groups excluding carboxylic acids is 1. The smallest absolute Gasteiger partial charge is 0.267 e. The zero-order valence-electron chi connectivity index (χ0n) is 13.7. The lowest BCUT2D eigenvalue weighted by Crippen LogP contribution is -2.39. The highest BCUT2D eigenvalue weighted by Crippen LogP contribution is 2.22. The lowest BCUT2D eigenvalue weighted by molar-refractivity contribution is -0.125. The van der Waals surface area contributed by atoms with E-state index in [0.717, 1.165) is 22.6 Å². The summed E-state index contributed by atoms with van der Waals surface area (Å²) in [6, 6.07) is 15.7. The first-order valence-corrected chi connectivity index (χ1v) is 7.59. The third kappa shape index (κ3) is 3.67. The maximum absolute atomic E-state index is 12.7. The van der Waals surface area contributed by atoms with Crippen LogP contribution in [-0.2, 0) is 4.79 Å². The van der Waals surface area contributed by atoms with E-state index in [0.29, 0.717) is 6.42 Å². The number of amides is 1. The Morgan fingerprint density at radius 2 is 1.82 bits per heavy atom. The Labute approximate surface area is 132 Å². The number of aryl methyl sites for hydroxylation is 2. The van der Waals surface area contributed by atoms with Gasteiger partial charge in [0.1, 0.15) is 5.75 Å². The summed E-state index contributed by atoms with van der Waals surface area (Å²) in [7, 11) is 1.78. The van der Waals surface area contributed by atoms with Crippen LogP contribution in [0.25, 0.3) is 0 Å². The van der Waals surface area contributed by atoms with Crippen LogP contribution in [0.5, 0.6) is 5.75 Å². The molecule has 0 saturated heterocycles. The summed E-state index contributed by atoms with van der Waals surface area (Å²) in [4.78, 5) is 14.3. The second-order valence-electron chi connectivity index (χ2n) is 5.52. The van der Waals surface area contributed by atoms with Gasteiger partial charge in [-0.1, -0.05) is 37.3 Å². The number of benzene rings is 2. The Morgan fingerprint density at radius 1 is 1.14 bits per heavy atom. The van der Waals surface area contributed by atoms with Crippen molar-refractivity contribution < 1.29 is 9.53 Å². The van der Waals surface area contributed by atoms with Crippen LogP contribution in [0, 0.1) is 13.8 Å². The van der Waals surface area contributed by atoms with E-state index in [1.807, 2.05) is 69.3 Å². The van der Waals surface area contributed by atoms with Gasteiger partial charge in [0.25, 0.3) is 5.91 Å². The molecule has 0 saturated carbocycles. The summed E-state index contributed by atoms with van der Waals surface area (Å²) < 4.78 is 5.99. The van der Waals surface area contributed by atoms with Gasteiger partial charge in [0.2, 0.25) is 0 Å². The van der Waals surface area contributed by atoms with Crippen molar-refractivity contribution in [2.24, 2.45) is 0 Å². The first kappa shape index (κ1) is 16.1. The third-order valence-corrected chi connectivity index (χ3v) is 3.73. The van der Waals surface area contributed by atoms with Gasteiger partial charge in [-0.3, -0.25) is 4.79 Å². The molecule has 2 aromatic rings. The minimum Gasteiger partial charge on any atom is -0.480 e. The maximum Gasteiger partial charge on any atom is 0.267 e. The number of anilines is 1. The number of carbonyl (C=O) groups is 1. The van der Waals surface area contributed by atoms with Gasteiger partial charge in [0, 0.05) is 12.7 Å². The zero-order chi connectivity index (χ0) is 16.1. The van der Waals surface area contributed by atoms with Crippen molar-refractivity contribution in [3.05, 3.63) is 59.7 Å². The summed E-state index contributed by atoms with van der Waals surface area (Å²) in [5.41, 5.74) is 3.04. The monoisotopic (exact) mass is 297 g/mol. The molecular formula is C19H23NO2. The molecule has 0 bridgehead atoms. The Hall–Kier alpha value is -2.29. The topological polar surface area (TPSA) is 29.5 Å². The zero-order valence-corrected chi connectivity index (χ0v) is 13.7. The van der Waals surface area contributed by atoms with Crippen LogP contribution in [0.2, 0.25) is 0 Å². The Balaban J connectivity index is 2.17. The van der Waals surface area contributed by atoms with E-state index in [1.54, 1.807) is 11.9 Å². The molecule has 0 aliphatic carbocycles. The minimum atomic E-state index is -0.481. The van der Waals surface area contributed by atoms with E-state index >= 15 is 0 Å². The van der Waals surface area contributed by atoms with Crippen LogP contribution in [0.15, 0.2) is 48.5 Å². The van der Waals surface area contributed by atoms with E-state index in [-0.39, 0.29) is 5.91 Å². The predicted octanol–water partition coefficient (Wildman–Crippen LogP) is 4.12.